The first-order valence-corrected chi connectivity index (χ1v) is 8.74. The van der Waals surface area contributed by atoms with Gasteiger partial charge in [0.1, 0.15) is 0 Å². The Labute approximate surface area is 138 Å². The maximum Gasteiger partial charge on any atom is 0.234 e. The number of aryl methyl sites for hydroxylation is 2. The van der Waals surface area contributed by atoms with E-state index >= 15 is 0 Å². The fraction of sp³-hybridized carbons (Fsp3) is 0.765. The average Bonchev–Trinajstić information content (AvgIpc) is 3.09. The molecule has 0 bridgehead atoms. The molecule has 1 aromatic rings. The third-order valence-corrected chi connectivity index (χ3v) is 4.79. The molecule has 2 aliphatic rings. The van der Waals surface area contributed by atoms with E-state index in [1.807, 2.05) is 11.6 Å². The van der Waals surface area contributed by atoms with Gasteiger partial charge in [-0.1, -0.05) is 12.8 Å². The number of aromatic nitrogens is 2. The summed E-state index contributed by atoms with van der Waals surface area (Å²) in [6.07, 6.45) is 4.85. The van der Waals surface area contributed by atoms with Gasteiger partial charge in [0.05, 0.1) is 31.5 Å². The number of nitrogens with zero attached hydrogens (tertiary/aromatic N) is 3. The highest BCUT2D eigenvalue weighted by molar-refractivity contribution is 5.78. The van der Waals surface area contributed by atoms with Crippen LogP contribution in [0.2, 0.25) is 0 Å². The van der Waals surface area contributed by atoms with E-state index in [2.05, 4.69) is 28.3 Å². The van der Waals surface area contributed by atoms with Gasteiger partial charge in [0.15, 0.2) is 0 Å². The summed E-state index contributed by atoms with van der Waals surface area (Å²) in [6.45, 7) is 7.59. The molecule has 1 aromatic heterocycles. The van der Waals surface area contributed by atoms with Crippen LogP contribution in [0.5, 0.6) is 0 Å². The molecule has 1 N–H and O–H groups in total. The van der Waals surface area contributed by atoms with Crippen LogP contribution < -0.4 is 5.32 Å². The molecule has 1 amide bonds. The summed E-state index contributed by atoms with van der Waals surface area (Å²) in [7, 11) is 0. The third-order valence-electron chi connectivity index (χ3n) is 4.79. The maximum absolute atomic E-state index is 12.2. The van der Waals surface area contributed by atoms with Crippen LogP contribution >= 0.6 is 0 Å². The summed E-state index contributed by atoms with van der Waals surface area (Å²) in [5, 5.41) is 7.66. The van der Waals surface area contributed by atoms with Crippen LogP contribution in [0, 0.1) is 13.8 Å². The Morgan fingerprint density at radius 3 is 2.87 bits per heavy atom. The number of morpholine rings is 1. The third kappa shape index (κ3) is 4.54. The van der Waals surface area contributed by atoms with Gasteiger partial charge in [0.25, 0.3) is 0 Å². The van der Waals surface area contributed by atoms with Gasteiger partial charge in [-0.15, -0.1) is 0 Å². The summed E-state index contributed by atoms with van der Waals surface area (Å²) >= 11 is 0. The predicted octanol–water partition coefficient (Wildman–Crippen LogP) is 1.26. The lowest BCUT2D eigenvalue weighted by molar-refractivity contribution is -0.125. The molecule has 0 unspecified atom stereocenters. The van der Waals surface area contributed by atoms with E-state index in [0.29, 0.717) is 19.2 Å². The number of amides is 1. The molecule has 1 saturated heterocycles. The van der Waals surface area contributed by atoms with Gasteiger partial charge in [-0.2, -0.15) is 5.10 Å². The SMILES string of the molecule is Cc1cc(C)n(C[C@H]2CN(CC(=O)NC3CCCC3)CCO2)n1. The lowest BCUT2D eigenvalue weighted by Crippen LogP contribution is -2.49. The van der Waals surface area contributed by atoms with Crippen molar-refractivity contribution in [1.29, 1.82) is 0 Å². The zero-order valence-corrected chi connectivity index (χ0v) is 14.3. The normalized spacial score (nSPS) is 23.3. The lowest BCUT2D eigenvalue weighted by Gasteiger charge is -2.32. The Bertz CT molecular complexity index is 537. The molecule has 6 nitrogen and oxygen atoms in total. The van der Waals surface area contributed by atoms with Crippen LogP contribution in [0.25, 0.3) is 0 Å². The van der Waals surface area contributed by atoms with Crippen molar-refractivity contribution in [2.45, 2.75) is 58.2 Å². The Kier molecular flexibility index (Phi) is 5.33. The summed E-state index contributed by atoms with van der Waals surface area (Å²) in [5.41, 5.74) is 2.19. The molecule has 0 aromatic carbocycles. The van der Waals surface area contributed by atoms with Crippen LogP contribution in [0.15, 0.2) is 6.07 Å². The Balaban J connectivity index is 1.47. The summed E-state index contributed by atoms with van der Waals surface area (Å²) in [6, 6.07) is 2.48. The van der Waals surface area contributed by atoms with E-state index in [4.69, 9.17) is 4.74 Å². The van der Waals surface area contributed by atoms with Gasteiger partial charge in [-0.25, -0.2) is 0 Å². The second-order valence-corrected chi connectivity index (χ2v) is 6.89. The molecular weight excluding hydrogens is 292 g/mol. The van der Waals surface area contributed by atoms with Crippen molar-refractivity contribution in [1.82, 2.24) is 20.0 Å². The van der Waals surface area contributed by atoms with Gasteiger partial charge in [-0.3, -0.25) is 14.4 Å². The van der Waals surface area contributed by atoms with E-state index in [1.54, 1.807) is 0 Å². The molecule has 1 saturated carbocycles. The zero-order chi connectivity index (χ0) is 16.2. The number of hydrogen-bond acceptors (Lipinski definition) is 4. The van der Waals surface area contributed by atoms with Crippen LogP contribution in [0.1, 0.15) is 37.1 Å². The average molecular weight is 320 g/mol. The standard InChI is InChI=1S/C17H28N4O2/c1-13-9-14(2)21(19-13)11-16-10-20(7-8-23-16)12-17(22)18-15-5-3-4-6-15/h9,15-16H,3-8,10-12H2,1-2H3,(H,18,22)/t16-/m1/s1. The molecule has 0 spiro atoms. The first kappa shape index (κ1) is 16.5. The van der Waals surface area contributed by atoms with Crippen molar-refractivity contribution in [2.24, 2.45) is 0 Å². The van der Waals surface area contributed by atoms with Crippen LogP contribution in [0.4, 0.5) is 0 Å². The first-order chi connectivity index (χ1) is 11.1. The second-order valence-electron chi connectivity index (χ2n) is 6.89. The molecule has 1 atom stereocenters. The fourth-order valence-corrected chi connectivity index (χ4v) is 3.63. The van der Waals surface area contributed by atoms with E-state index < -0.39 is 0 Å². The number of ether oxygens (including phenoxy) is 1. The number of hydrogen-bond donors (Lipinski definition) is 1. The largest absolute Gasteiger partial charge is 0.374 e. The monoisotopic (exact) mass is 320 g/mol. The molecule has 0 radical (unpaired) electrons. The van der Waals surface area contributed by atoms with Crippen molar-refractivity contribution in [3.05, 3.63) is 17.5 Å². The minimum absolute atomic E-state index is 0.0982. The smallest absolute Gasteiger partial charge is 0.234 e. The molecule has 2 fully saturated rings. The van der Waals surface area contributed by atoms with Crippen molar-refractivity contribution >= 4 is 5.91 Å². The van der Waals surface area contributed by atoms with Crippen molar-refractivity contribution in [3.8, 4) is 0 Å². The van der Waals surface area contributed by atoms with Crippen LogP contribution in [-0.2, 0) is 16.1 Å². The minimum Gasteiger partial charge on any atom is -0.374 e. The number of carbonyl (C=O) groups is 1. The van der Waals surface area contributed by atoms with E-state index in [-0.39, 0.29) is 12.0 Å². The number of carbonyl (C=O) groups excluding carboxylic acids is 1. The quantitative estimate of drug-likeness (QED) is 0.887. The molecule has 128 valence electrons. The number of rotatable bonds is 5. The second kappa shape index (κ2) is 7.45. The highest BCUT2D eigenvalue weighted by Crippen LogP contribution is 2.17. The van der Waals surface area contributed by atoms with Gasteiger partial charge >= 0.3 is 0 Å². The topological polar surface area (TPSA) is 59.4 Å². The van der Waals surface area contributed by atoms with E-state index in [9.17, 15) is 4.79 Å². The van der Waals surface area contributed by atoms with Crippen molar-refractivity contribution < 1.29 is 9.53 Å². The molecular formula is C17H28N4O2. The molecule has 23 heavy (non-hydrogen) atoms. The zero-order valence-electron chi connectivity index (χ0n) is 14.3. The van der Waals surface area contributed by atoms with Crippen molar-refractivity contribution in [2.75, 3.05) is 26.2 Å². The molecule has 1 aliphatic heterocycles. The van der Waals surface area contributed by atoms with E-state index in [0.717, 1.165) is 43.9 Å². The lowest BCUT2D eigenvalue weighted by atomic mass is 10.2. The first-order valence-electron chi connectivity index (χ1n) is 8.74. The van der Waals surface area contributed by atoms with Crippen molar-refractivity contribution in [3.63, 3.8) is 0 Å². The molecule has 2 heterocycles. The van der Waals surface area contributed by atoms with Gasteiger partial charge in [0.2, 0.25) is 5.91 Å². The van der Waals surface area contributed by atoms with Crippen LogP contribution in [0.3, 0.4) is 0 Å². The predicted molar refractivity (Wildman–Crippen MR) is 88.3 cm³/mol. The maximum atomic E-state index is 12.2. The molecule has 6 heteroatoms. The Morgan fingerprint density at radius 1 is 1.39 bits per heavy atom. The molecule has 3 rings (SSSR count). The summed E-state index contributed by atoms with van der Waals surface area (Å²) in [5.74, 6) is 0.156. The highest BCUT2D eigenvalue weighted by Gasteiger charge is 2.24. The Hall–Kier alpha value is -1.40. The van der Waals surface area contributed by atoms with Gasteiger partial charge < -0.3 is 10.1 Å². The van der Waals surface area contributed by atoms with E-state index in [1.165, 1.54) is 12.8 Å². The van der Waals surface area contributed by atoms with Crippen LogP contribution in [-0.4, -0.2) is 59.0 Å². The van der Waals surface area contributed by atoms with Gasteiger partial charge in [0, 0.05) is 24.8 Å². The molecule has 1 aliphatic carbocycles. The van der Waals surface area contributed by atoms with Gasteiger partial charge in [-0.05, 0) is 32.8 Å². The summed E-state index contributed by atoms with van der Waals surface area (Å²) in [4.78, 5) is 14.4. The summed E-state index contributed by atoms with van der Waals surface area (Å²) < 4.78 is 7.86. The fourth-order valence-electron chi connectivity index (χ4n) is 3.63. The number of nitrogens with one attached hydrogen (secondary N) is 1. The Morgan fingerprint density at radius 2 is 2.17 bits per heavy atom. The highest BCUT2D eigenvalue weighted by atomic mass is 16.5. The minimum atomic E-state index is 0.0982.